The van der Waals surface area contributed by atoms with Gasteiger partial charge in [0.25, 0.3) is 0 Å². The van der Waals surface area contributed by atoms with Crippen LogP contribution in [-0.4, -0.2) is 17.3 Å². The minimum atomic E-state index is -0.184. The summed E-state index contributed by atoms with van der Waals surface area (Å²) in [7, 11) is 0. The van der Waals surface area contributed by atoms with Gasteiger partial charge in [-0.05, 0) is 79.6 Å². The van der Waals surface area contributed by atoms with Crippen LogP contribution in [0.4, 0.5) is 0 Å². The van der Waals surface area contributed by atoms with E-state index >= 15 is 0 Å². The van der Waals surface area contributed by atoms with E-state index in [2.05, 4.69) is 19.9 Å². The standard InChI is InChI=1S/C20H29NO3/c1-19-9-7-13(12-21(23)24)11-14(19)3-4-15-16-5-6-18(22)20(16,2)10-8-17(15)19/h7,14-17H,3-6,8-12H2,1-2H3/t14-,15-,16-,17-,19-,20-/m0/s1. The fourth-order valence-electron chi connectivity index (χ4n) is 7.02. The van der Waals surface area contributed by atoms with E-state index in [9.17, 15) is 14.9 Å². The highest BCUT2D eigenvalue weighted by Crippen LogP contribution is 2.65. The Bertz CT molecular complexity index is 612. The van der Waals surface area contributed by atoms with Gasteiger partial charge in [0.2, 0.25) is 6.54 Å². The van der Waals surface area contributed by atoms with Gasteiger partial charge in [-0.3, -0.25) is 14.9 Å². The molecule has 0 N–H and O–H groups in total. The average Bonchev–Trinajstić information content (AvgIpc) is 2.83. The van der Waals surface area contributed by atoms with Crippen molar-refractivity contribution in [3.05, 3.63) is 21.8 Å². The zero-order valence-electron chi connectivity index (χ0n) is 14.9. The van der Waals surface area contributed by atoms with Gasteiger partial charge in [0.15, 0.2) is 0 Å². The predicted molar refractivity (Wildman–Crippen MR) is 92.1 cm³/mol. The number of fused-ring (bicyclic) bond motifs is 5. The number of nitro groups is 1. The Morgan fingerprint density at radius 1 is 1.21 bits per heavy atom. The number of carbonyl (C=O) groups is 1. The van der Waals surface area contributed by atoms with Crippen LogP contribution in [0.15, 0.2) is 11.6 Å². The third-order valence-electron chi connectivity index (χ3n) is 8.45. The van der Waals surface area contributed by atoms with E-state index in [0.29, 0.717) is 29.5 Å². The first-order valence-electron chi connectivity index (χ1n) is 9.67. The number of hydrogen-bond donors (Lipinski definition) is 0. The van der Waals surface area contributed by atoms with Gasteiger partial charge in [-0.15, -0.1) is 0 Å². The summed E-state index contributed by atoms with van der Waals surface area (Å²) in [6.45, 7) is 4.69. The molecule has 0 heterocycles. The lowest BCUT2D eigenvalue weighted by atomic mass is 9.45. The Labute approximate surface area is 144 Å². The smallest absolute Gasteiger partial charge is 0.224 e. The molecule has 3 fully saturated rings. The van der Waals surface area contributed by atoms with Crippen molar-refractivity contribution < 1.29 is 9.72 Å². The number of rotatable bonds is 2. The van der Waals surface area contributed by atoms with E-state index in [0.717, 1.165) is 37.7 Å². The van der Waals surface area contributed by atoms with Crippen molar-refractivity contribution >= 4 is 5.78 Å². The van der Waals surface area contributed by atoms with Gasteiger partial charge in [0.1, 0.15) is 5.78 Å². The molecule has 0 aromatic heterocycles. The molecule has 3 saturated carbocycles. The summed E-state index contributed by atoms with van der Waals surface area (Å²) < 4.78 is 0. The number of ketones is 1. The second-order valence-corrected chi connectivity index (χ2v) is 9.34. The van der Waals surface area contributed by atoms with E-state index in [4.69, 9.17) is 0 Å². The molecule has 0 amide bonds. The third-order valence-corrected chi connectivity index (χ3v) is 8.45. The van der Waals surface area contributed by atoms with Crippen LogP contribution < -0.4 is 0 Å². The zero-order valence-corrected chi connectivity index (χ0v) is 14.9. The molecule has 132 valence electrons. The number of nitrogens with zero attached hydrogens (tertiary/aromatic N) is 1. The van der Waals surface area contributed by atoms with E-state index in [1.54, 1.807) is 0 Å². The van der Waals surface area contributed by atoms with Crippen molar-refractivity contribution in [1.82, 2.24) is 0 Å². The molecule has 0 aromatic rings. The number of carbonyl (C=O) groups excluding carboxylic acids is 1. The first-order chi connectivity index (χ1) is 11.3. The largest absolute Gasteiger partial charge is 0.299 e. The van der Waals surface area contributed by atoms with Crippen LogP contribution >= 0.6 is 0 Å². The molecule has 0 spiro atoms. The first kappa shape index (κ1) is 16.3. The fourth-order valence-corrected chi connectivity index (χ4v) is 7.02. The van der Waals surface area contributed by atoms with Crippen molar-refractivity contribution in [2.45, 2.75) is 65.2 Å². The normalized spacial score (nSPS) is 47.4. The molecular formula is C20H29NO3. The molecule has 24 heavy (non-hydrogen) atoms. The molecule has 4 heteroatoms. The zero-order chi connectivity index (χ0) is 17.1. The minimum absolute atomic E-state index is 0.0237. The molecule has 4 aliphatic carbocycles. The number of Topliss-reactive ketones (excluding diaryl/α,β-unsaturated/α-hetero) is 1. The van der Waals surface area contributed by atoms with Crippen molar-refractivity contribution in [1.29, 1.82) is 0 Å². The van der Waals surface area contributed by atoms with E-state index in [1.807, 2.05) is 0 Å². The Morgan fingerprint density at radius 2 is 2.00 bits per heavy atom. The summed E-state index contributed by atoms with van der Waals surface area (Å²) in [4.78, 5) is 23.1. The lowest BCUT2D eigenvalue weighted by molar-refractivity contribution is -0.471. The molecule has 0 unspecified atom stereocenters. The Morgan fingerprint density at radius 3 is 2.75 bits per heavy atom. The molecule has 0 aliphatic heterocycles. The van der Waals surface area contributed by atoms with Crippen molar-refractivity contribution in [3.8, 4) is 0 Å². The van der Waals surface area contributed by atoms with Crippen LogP contribution in [0.1, 0.15) is 65.2 Å². The van der Waals surface area contributed by atoms with Crippen molar-refractivity contribution in [2.24, 2.45) is 34.5 Å². The van der Waals surface area contributed by atoms with Crippen LogP contribution in [0.25, 0.3) is 0 Å². The van der Waals surface area contributed by atoms with E-state index < -0.39 is 0 Å². The Balaban J connectivity index is 1.59. The maximum atomic E-state index is 12.4. The van der Waals surface area contributed by atoms with Crippen LogP contribution in [0, 0.1) is 44.6 Å². The SMILES string of the molecule is C[C@]12CC=C(C[N+](=O)[O-])C[C@@H]1CC[C@@H]1[C@@H]2CC[C@]2(C)C(=O)CC[C@@H]12. The van der Waals surface area contributed by atoms with Gasteiger partial charge in [-0.1, -0.05) is 19.9 Å². The molecular weight excluding hydrogens is 302 g/mol. The molecule has 4 aliphatic rings. The summed E-state index contributed by atoms with van der Waals surface area (Å²) in [6, 6.07) is 0. The summed E-state index contributed by atoms with van der Waals surface area (Å²) in [5.74, 6) is 3.09. The topological polar surface area (TPSA) is 60.2 Å². The Kier molecular flexibility index (Phi) is 3.67. The molecule has 4 nitrogen and oxygen atoms in total. The fraction of sp³-hybridized carbons (Fsp3) is 0.850. The lowest BCUT2D eigenvalue weighted by Crippen LogP contribution is -2.52. The predicted octanol–water partition coefficient (Wildman–Crippen LogP) is 4.41. The van der Waals surface area contributed by atoms with Crippen molar-refractivity contribution in [2.75, 3.05) is 6.54 Å². The van der Waals surface area contributed by atoms with E-state index in [-0.39, 0.29) is 22.3 Å². The summed E-state index contributed by atoms with van der Waals surface area (Å²) in [5, 5.41) is 10.9. The summed E-state index contributed by atoms with van der Waals surface area (Å²) in [5.41, 5.74) is 1.28. The second-order valence-electron chi connectivity index (χ2n) is 9.34. The second kappa shape index (κ2) is 5.40. The van der Waals surface area contributed by atoms with Crippen molar-refractivity contribution in [3.63, 3.8) is 0 Å². The highest BCUT2D eigenvalue weighted by molar-refractivity contribution is 5.87. The van der Waals surface area contributed by atoms with E-state index in [1.165, 1.54) is 19.3 Å². The molecule has 4 rings (SSSR count). The highest BCUT2D eigenvalue weighted by Gasteiger charge is 2.59. The molecule has 6 atom stereocenters. The van der Waals surface area contributed by atoms with Crippen LogP contribution in [0.5, 0.6) is 0 Å². The van der Waals surface area contributed by atoms with Gasteiger partial charge in [0, 0.05) is 16.8 Å². The van der Waals surface area contributed by atoms with Gasteiger partial charge in [0.05, 0.1) is 0 Å². The quantitative estimate of drug-likeness (QED) is 0.428. The molecule has 0 aromatic carbocycles. The number of hydrogen-bond acceptors (Lipinski definition) is 3. The van der Waals surface area contributed by atoms with Gasteiger partial charge < -0.3 is 0 Å². The number of allylic oxidation sites excluding steroid dienone is 1. The maximum absolute atomic E-state index is 12.4. The van der Waals surface area contributed by atoms with Crippen LogP contribution in [-0.2, 0) is 4.79 Å². The highest BCUT2D eigenvalue weighted by atomic mass is 16.6. The first-order valence-corrected chi connectivity index (χ1v) is 9.67. The summed E-state index contributed by atoms with van der Waals surface area (Å²) >= 11 is 0. The minimum Gasteiger partial charge on any atom is -0.299 e. The van der Waals surface area contributed by atoms with Gasteiger partial charge in [-0.2, -0.15) is 0 Å². The maximum Gasteiger partial charge on any atom is 0.224 e. The Hall–Kier alpha value is -1.19. The van der Waals surface area contributed by atoms with Crippen LogP contribution in [0.2, 0.25) is 0 Å². The van der Waals surface area contributed by atoms with Crippen LogP contribution in [0.3, 0.4) is 0 Å². The molecule has 0 radical (unpaired) electrons. The molecule has 0 saturated heterocycles. The molecule has 0 bridgehead atoms. The third kappa shape index (κ3) is 2.21. The monoisotopic (exact) mass is 331 g/mol. The summed E-state index contributed by atoms with van der Waals surface area (Å²) in [6.07, 6.45) is 10.6. The average molecular weight is 331 g/mol. The van der Waals surface area contributed by atoms with Gasteiger partial charge >= 0.3 is 0 Å². The van der Waals surface area contributed by atoms with Gasteiger partial charge in [-0.25, -0.2) is 0 Å². The lowest BCUT2D eigenvalue weighted by Gasteiger charge is -2.59.